The van der Waals surface area contributed by atoms with Crippen molar-refractivity contribution in [2.75, 3.05) is 13.2 Å². The molecule has 1 fully saturated rings. The molecule has 4 nitrogen and oxygen atoms in total. The Balaban J connectivity index is 1.73. The molecule has 1 aromatic carbocycles. The number of aryl methyl sites for hydroxylation is 1. The quantitative estimate of drug-likeness (QED) is 0.876. The van der Waals surface area contributed by atoms with Gasteiger partial charge in [-0.1, -0.05) is 31.2 Å². The standard InChI is InChI=1S/C17H26N2O2/c1-3-14-4-6-15(7-5-14)12-18-17(20)19-13(2)16-8-10-21-11-9-16/h4-7,13,16H,3,8-12H2,1-2H3,(H2,18,19,20)/t13-/m0/s1. The lowest BCUT2D eigenvalue weighted by Crippen LogP contribution is -2.45. The molecule has 2 N–H and O–H groups in total. The number of carbonyl (C=O) groups excluding carboxylic acids is 1. The first-order chi connectivity index (χ1) is 10.2. The molecule has 1 heterocycles. The summed E-state index contributed by atoms with van der Waals surface area (Å²) in [4.78, 5) is 11.9. The Morgan fingerprint density at radius 1 is 1.24 bits per heavy atom. The number of ether oxygens (including phenoxy) is 1. The fourth-order valence-corrected chi connectivity index (χ4v) is 2.67. The lowest BCUT2D eigenvalue weighted by Gasteiger charge is -2.28. The van der Waals surface area contributed by atoms with Crippen LogP contribution in [0.25, 0.3) is 0 Å². The summed E-state index contributed by atoms with van der Waals surface area (Å²) in [6, 6.07) is 8.46. The zero-order valence-corrected chi connectivity index (χ0v) is 13.0. The molecular weight excluding hydrogens is 264 g/mol. The van der Waals surface area contributed by atoms with Crippen molar-refractivity contribution in [3.05, 3.63) is 35.4 Å². The summed E-state index contributed by atoms with van der Waals surface area (Å²) in [6.45, 7) is 6.39. The number of hydrogen-bond donors (Lipinski definition) is 2. The van der Waals surface area contributed by atoms with Crippen LogP contribution in [0.3, 0.4) is 0 Å². The first kappa shape index (κ1) is 15.8. The Labute approximate surface area is 127 Å². The lowest BCUT2D eigenvalue weighted by molar-refractivity contribution is 0.0571. The van der Waals surface area contributed by atoms with Crippen molar-refractivity contribution < 1.29 is 9.53 Å². The molecule has 1 saturated heterocycles. The second kappa shape index (κ2) is 8.03. The fraction of sp³-hybridized carbons (Fsp3) is 0.588. The minimum absolute atomic E-state index is 0.0893. The van der Waals surface area contributed by atoms with Crippen molar-refractivity contribution in [2.24, 2.45) is 5.92 Å². The van der Waals surface area contributed by atoms with E-state index in [2.05, 4.69) is 48.7 Å². The normalized spacial score (nSPS) is 17.2. The van der Waals surface area contributed by atoms with Crippen molar-refractivity contribution in [1.82, 2.24) is 10.6 Å². The van der Waals surface area contributed by atoms with Crippen molar-refractivity contribution >= 4 is 6.03 Å². The van der Waals surface area contributed by atoms with Gasteiger partial charge in [-0.3, -0.25) is 0 Å². The van der Waals surface area contributed by atoms with Crippen LogP contribution in [-0.4, -0.2) is 25.3 Å². The summed E-state index contributed by atoms with van der Waals surface area (Å²) in [5.41, 5.74) is 2.44. The first-order valence-corrected chi connectivity index (χ1v) is 7.89. The highest BCUT2D eigenvalue weighted by atomic mass is 16.5. The molecule has 1 atom stereocenters. The topological polar surface area (TPSA) is 50.4 Å². The van der Waals surface area contributed by atoms with Crippen LogP contribution in [0.2, 0.25) is 0 Å². The van der Waals surface area contributed by atoms with Gasteiger partial charge in [0.25, 0.3) is 0 Å². The van der Waals surface area contributed by atoms with Gasteiger partial charge >= 0.3 is 6.03 Å². The van der Waals surface area contributed by atoms with Crippen LogP contribution in [-0.2, 0) is 17.7 Å². The number of urea groups is 1. The molecule has 0 aliphatic carbocycles. The summed E-state index contributed by atoms with van der Waals surface area (Å²) in [7, 11) is 0. The third-order valence-electron chi connectivity index (χ3n) is 4.22. The van der Waals surface area contributed by atoms with E-state index in [0.29, 0.717) is 12.5 Å². The van der Waals surface area contributed by atoms with Gasteiger partial charge in [-0.05, 0) is 43.2 Å². The number of amides is 2. The maximum absolute atomic E-state index is 11.9. The monoisotopic (exact) mass is 290 g/mol. The summed E-state index contributed by atoms with van der Waals surface area (Å²) < 4.78 is 5.35. The van der Waals surface area contributed by atoms with Crippen molar-refractivity contribution in [1.29, 1.82) is 0 Å². The zero-order chi connectivity index (χ0) is 15.1. The summed E-state index contributed by atoms with van der Waals surface area (Å²) in [5.74, 6) is 0.522. The van der Waals surface area contributed by atoms with Gasteiger partial charge in [0.15, 0.2) is 0 Å². The maximum Gasteiger partial charge on any atom is 0.315 e. The molecular formula is C17H26N2O2. The van der Waals surface area contributed by atoms with E-state index in [1.807, 2.05) is 0 Å². The second-order valence-electron chi connectivity index (χ2n) is 5.74. The molecule has 21 heavy (non-hydrogen) atoms. The Kier molecular flexibility index (Phi) is 6.05. The molecule has 0 bridgehead atoms. The molecule has 116 valence electrons. The maximum atomic E-state index is 11.9. The molecule has 0 unspecified atom stereocenters. The molecule has 0 aromatic heterocycles. The lowest BCUT2D eigenvalue weighted by atomic mass is 9.93. The second-order valence-corrected chi connectivity index (χ2v) is 5.74. The van der Waals surface area contributed by atoms with E-state index < -0.39 is 0 Å². The fourth-order valence-electron chi connectivity index (χ4n) is 2.67. The highest BCUT2D eigenvalue weighted by molar-refractivity contribution is 5.74. The third-order valence-corrected chi connectivity index (χ3v) is 4.22. The van der Waals surface area contributed by atoms with Crippen LogP contribution in [0.5, 0.6) is 0 Å². The van der Waals surface area contributed by atoms with Gasteiger partial charge in [0.1, 0.15) is 0 Å². The first-order valence-electron chi connectivity index (χ1n) is 7.89. The molecule has 0 spiro atoms. The molecule has 0 radical (unpaired) electrons. The van der Waals surface area contributed by atoms with Gasteiger partial charge in [-0.2, -0.15) is 0 Å². The number of nitrogens with one attached hydrogen (secondary N) is 2. The van der Waals surface area contributed by atoms with E-state index in [9.17, 15) is 4.79 Å². The van der Waals surface area contributed by atoms with Gasteiger partial charge < -0.3 is 15.4 Å². The van der Waals surface area contributed by atoms with Crippen LogP contribution in [0, 0.1) is 5.92 Å². The van der Waals surface area contributed by atoms with E-state index in [0.717, 1.165) is 38.0 Å². The molecule has 0 saturated carbocycles. The summed E-state index contributed by atoms with van der Waals surface area (Å²) in [6.07, 6.45) is 3.09. The number of benzene rings is 1. The van der Waals surface area contributed by atoms with Crippen LogP contribution in [0.15, 0.2) is 24.3 Å². The summed E-state index contributed by atoms with van der Waals surface area (Å²) >= 11 is 0. The number of carbonyl (C=O) groups is 1. The minimum Gasteiger partial charge on any atom is -0.381 e. The molecule has 4 heteroatoms. The van der Waals surface area contributed by atoms with E-state index in [1.165, 1.54) is 5.56 Å². The molecule has 2 amide bonds. The molecule has 1 aliphatic heterocycles. The van der Waals surface area contributed by atoms with Crippen molar-refractivity contribution in [2.45, 2.75) is 45.7 Å². The van der Waals surface area contributed by atoms with E-state index in [-0.39, 0.29) is 12.1 Å². The Morgan fingerprint density at radius 2 is 1.86 bits per heavy atom. The minimum atomic E-state index is -0.0893. The van der Waals surface area contributed by atoms with Crippen LogP contribution in [0.4, 0.5) is 4.79 Å². The largest absolute Gasteiger partial charge is 0.381 e. The third kappa shape index (κ3) is 5.05. The Bertz CT molecular complexity index is 439. The van der Waals surface area contributed by atoms with Gasteiger partial charge in [0.2, 0.25) is 0 Å². The van der Waals surface area contributed by atoms with Gasteiger partial charge in [-0.15, -0.1) is 0 Å². The van der Waals surface area contributed by atoms with E-state index >= 15 is 0 Å². The Morgan fingerprint density at radius 3 is 2.48 bits per heavy atom. The van der Waals surface area contributed by atoms with Crippen LogP contribution < -0.4 is 10.6 Å². The van der Waals surface area contributed by atoms with E-state index in [4.69, 9.17) is 4.74 Å². The molecule has 1 aliphatic rings. The summed E-state index contributed by atoms with van der Waals surface area (Å²) in [5, 5.41) is 5.96. The highest BCUT2D eigenvalue weighted by Gasteiger charge is 2.21. The van der Waals surface area contributed by atoms with Crippen LogP contribution in [0.1, 0.15) is 37.8 Å². The number of rotatable bonds is 5. The van der Waals surface area contributed by atoms with E-state index in [1.54, 1.807) is 0 Å². The Hall–Kier alpha value is -1.55. The zero-order valence-electron chi connectivity index (χ0n) is 13.0. The van der Waals surface area contributed by atoms with Crippen molar-refractivity contribution in [3.8, 4) is 0 Å². The average Bonchev–Trinajstić information content (AvgIpc) is 2.54. The predicted octanol–water partition coefficient (Wildman–Crippen LogP) is 2.86. The average molecular weight is 290 g/mol. The molecule has 2 rings (SSSR count). The van der Waals surface area contributed by atoms with Crippen molar-refractivity contribution in [3.63, 3.8) is 0 Å². The number of hydrogen-bond acceptors (Lipinski definition) is 2. The smallest absolute Gasteiger partial charge is 0.315 e. The van der Waals surface area contributed by atoms with Gasteiger partial charge in [0.05, 0.1) is 0 Å². The SMILES string of the molecule is CCc1ccc(CNC(=O)N[C@@H](C)C2CCOCC2)cc1. The molecule has 1 aromatic rings. The predicted molar refractivity (Wildman–Crippen MR) is 84.2 cm³/mol. The van der Waals surface area contributed by atoms with Crippen LogP contribution >= 0.6 is 0 Å². The van der Waals surface area contributed by atoms with Gasteiger partial charge in [0, 0.05) is 25.8 Å². The highest BCUT2D eigenvalue weighted by Crippen LogP contribution is 2.18. The van der Waals surface area contributed by atoms with Gasteiger partial charge in [-0.25, -0.2) is 4.79 Å².